The SMILES string of the molecule is CCN(CCCN(CCCN(CC)C(C)C)C(C)C)C(C)C. The van der Waals surface area contributed by atoms with E-state index in [-0.39, 0.29) is 0 Å². The summed E-state index contributed by atoms with van der Waals surface area (Å²) in [4.78, 5) is 7.79. The van der Waals surface area contributed by atoms with Gasteiger partial charge in [0.1, 0.15) is 0 Å². The van der Waals surface area contributed by atoms with Crippen molar-refractivity contribution in [2.24, 2.45) is 0 Å². The van der Waals surface area contributed by atoms with E-state index in [0.29, 0.717) is 18.1 Å². The van der Waals surface area contributed by atoms with E-state index in [1.165, 1.54) is 52.1 Å². The molecule has 0 bridgehead atoms. The Labute approximate surface area is 141 Å². The zero-order chi connectivity index (χ0) is 17.1. The van der Waals surface area contributed by atoms with E-state index in [4.69, 9.17) is 0 Å². The molecule has 0 saturated heterocycles. The molecule has 0 amide bonds. The third-order valence-electron chi connectivity index (χ3n) is 4.78. The first-order chi connectivity index (χ1) is 10.3. The zero-order valence-electron chi connectivity index (χ0n) is 16.7. The second-order valence-corrected chi connectivity index (χ2v) is 7.28. The molecule has 0 heterocycles. The van der Waals surface area contributed by atoms with Crippen LogP contribution in [-0.4, -0.2) is 72.1 Å². The van der Waals surface area contributed by atoms with Crippen LogP contribution in [-0.2, 0) is 0 Å². The molecule has 0 aliphatic carbocycles. The lowest BCUT2D eigenvalue weighted by Crippen LogP contribution is -2.38. The third-order valence-corrected chi connectivity index (χ3v) is 4.78. The monoisotopic (exact) mass is 313 g/mol. The van der Waals surface area contributed by atoms with E-state index in [0.717, 1.165) is 0 Å². The maximum Gasteiger partial charge on any atom is 0.00386 e. The van der Waals surface area contributed by atoms with Gasteiger partial charge in [-0.05, 0) is 93.7 Å². The van der Waals surface area contributed by atoms with E-state index in [9.17, 15) is 0 Å². The minimum Gasteiger partial charge on any atom is -0.301 e. The Morgan fingerprint density at radius 2 is 0.773 bits per heavy atom. The standard InChI is InChI=1S/C19H43N3/c1-9-20(17(3)4)13-11-15-22(19(7)8)16-12-14-21(10-2)18(5)6/h17-19H,9-16H2,1-8H3. The Morgan fingerprint density at radius 1 is 0.500 bits per heavy atom. The summed E-state index contributed by atoms with van der Waals surface area (Å²) in [6.45, 7) is 25.7. The van der Waals surface area contributed by atoms with Gasteiger partial charge in [-0.3, -0.25) is 0 Å². The van der Waals surface area contributed by atoms with Gasteiger partial charge in [0.15, 0.2) is 0 Å². The highest BCUT2D eigenvalue weighted by molar-refractivity contribution is 4.68. The zero-order valence-corrected chi connectivity index (χ0v) is 16.7. The fourth-order valence-electron chi connectivity index (χ4n) is 3.14. The average Bonchev–Trinajstić information content (AvgIpc) is 2.44. The molecule has 0 atom stereocenters. The first kappa shape index (κ1) is 21.9. The van der Waals surface area contributed by atoms with Crippen molar-refractivity contribution in [2.45, 2.75) is 86.4 Å². The molecule has 0 aliphatic rings. The molecule has 0 radical (unpaired) electrons. The van der Waals surface area contributed by atoms with Crippen molar-refractivity contribution >= 4 is 0 Å². The van der Waals surface area contributed by atoms with Gasteiger partial charge in [-0.1, -0.05) is 13.8 Å². The smallest absolute Gasteiger partial charge is 0.00386 e. The van der Waals surface area contributed by atoms with E-state index < -0.39 is 0 Å². The molecule has 3 nitrogen and oxygen atoms in total. The number of hydrogen-bond acceptors (Lipinski definition) is 3. The predicted octanol–water partition coefficient (Wildman–Crippen LogP) is 3.94. The highest BCUT2D eigenvalue weighted by atomic mass is 15.2. The Hall–Kier alpha value is -0.120. The van der Waals surface area contributed by atoms with Gasteiger partial charge in [-0.2, -0.15) is 0 Å². The van der Waals surface area contributed by atoms with Gasteiger partial charge in [0.25, 0.3) is 0 Å². The van der Waals surface area contributed by atoms with E-state index in [1.807, 2.05) is 0 Å². The molecule has 0 unspecified atom stereocenters. The minimum absolute atomic E-state index is 0.656. The quantitative estimate of drug-likeness (QED) is 0.510. The Morgan fingerprint density at radius 3 is 1.00 bits per heavy atom. The number of nitrogens with zero attached hydrogens (tertiary/aromatic N) is 3. The minimum atomic E-state index is 0.656. The summed E-state index contributed by atoms with van der Waals surface area (Å²) in [6, 6.07) is 1.99. The fourth-order valence-corrected chi connectivity index (χ4v) is 3.14. The number of rotatable bonds is 13. The van der Waals surface area contributed by atoms with Crippen LogP contribution in [0, 0.1) is 0 Å². The molecule has 0 rings (SSSR count). The Balaban J connectivity index is 4.11. The van der Waals surface area contributed by atoms with Crippen molar-refractivity contribution < 1.29 is 0 Å². The molecule has 0 N–H and O–H groups in total. The van der Waals surface area contributed by atoms with Crippen molar-refractivity contribution in [1.29, 1.82) is 0 Å². The third kappa shape index (κ3) is 9.12. The van der Waals surface area contributed by atoms with Crippen molar-refractivity contribution in [3.05, 3.63) is 0 Å². The summed E-state index contributed by atoms with van der Waals surface area (Å²) in [5.74, 6) is 0. The van der Waals surface area contributed by atoms with Crippen LogP contribution < -0.4 is 0 Å². The lowest BCUT2D eigenvalue weighted by Gasteiger charge is -2.31. The molecule has 22 heavy (non-hydrogen) atoms. The van der Waals surface area contributed by atoms with Gasteiger partial charge in [0, 0.05) is 18.1 Å². The second-order valence-electron chi connectivity index (χ2n) is 7.28. The summed E-state index contributed by atoms with van der Waals surface area (Å²) >= 11 is 0. The van der Waals surface area contributed by atoms with E-state index in [1.54, 1.807) is 0 Å². The summed E-state index contributed by atoms with van der Waals surface area (Å²) in [7, 11) is 0. The molecule has 0 fully saturated rings. The van der Waals surface area contributed by atoms with Gasteiger partial charge in [0.2, 0.25) is 0 Å². The van der Waals surface area contributed by atoms with Crippen molar-refractivity contribution in [3.8, 4) is 0 Å². The molecule has 3 heteroatoms. The van der Waals surface area contributed by atoms with Crippen LogP contribution in [0.2, 0.25) is 0 Å². The van der Waals surface area contributed by atoms with Crippen LogP contribution >= 0.6 is 0 Å². The fraction of sp³-hybridized carbons (Fsp3) is 1.00. The van der Waals surface area contributed by atoms with Crippen LogP contribution in [0.5, 0.6) is 0 Å². The molecule has 0 spiro atoms. The molecular formula is C19H43N3. The van der Waals surface area contributed by atoms with E-state index in [2.05, 4.69) is 70.1 Å². The largest absolute Gasteiger partial charge is 0.301 e. The summed E-state index contributed by atoms with van der Waals surface area (Å²) in [5, 5.41) is 0. The normalized spacial score (nSPS) is 12.8. The lowest BCUT2D eigenvalue weighted by atomic mass is 10.2. The summed E-state index contributed by atoms with van der Waals surface area (Å²) < 4.78 is 0. The summed E-state index contributed by atoms with van der Waals surface area (Å²) in [6.07, 6.45) is 2.57. The van der Waals surface area contributed by atoms with Gasteiger partial charge in [0.05, 0.1) is 0 Å². The molecule has 0 aromatic heterocycles. The molecule has 0 aromatic carbocycles. The molecular weight excluding hydrogens is 270 g/mol. The van der Waals surface area contributed by atoms with Crippen molar-refractivity contribution in [3.63, 3.8) is 0 Å². The van der Waals surface area contributed by atoms with Gasteiger partial charge >= 0.3 is 0 Å². The Kier molecular flexibility index (Phi) is 12.3. The van der Waals surface area contributed by atoms with Gasteiger partial charge < -0.3 is 14.7 Å². The molecule has 0 aromatic rings. The number of hydrogen-bond donors (Lipinski definition) is 0. The lowest BCUT2D eigenvalue weighted by molar-refractivity contribution is 0.166. The highest BCUT2D eigenvalue weighted by Gasteiger charge is 2.13. The Bertz CT molecular complexity index is 229. The molecule has 0 saturated carbocycles. The average molecular weight is 314 g/mol. The molecule has 134 valence electrons. The van der Waals surface area contributed by atoms with Crippen LogP contribution in [0.1, 0.15) is 68.2 Å². The van der Waals surface area contributed by atoms with Gasteiger partial charge in [-0.25, -0.2) is 0 Å². The maximum absolute atomic E-state index is 2.66. The van der Waals surface area contributed by atoms with Crippen molar-refractivity contribution in [1.82, 2.24) is 14.7 Å². The van der Waals surface area contributed by atoms with Crippen LogP contribution in [0.3, 0.4) is 0 Å². The van der Waals surface area contributed by atoms with Crippen LogP contribution in [0.4, 0.5) is 0 Å². The molecule has 0 aliphatic heterocycles. The highest BCUT2D eigenvalue weighted by Crippen LogP contribution is 2.06. The second kappa shape index (κ2) is 12.3. The van der Waals surface area contributed by atoms with Crippen LogP contribution in [0.25, 0.3) is 0 Å². The topological polar surface area (TPSA) is 9.72 Å². The van der Waals surface area contributed by atoms with Crippen LogP contribution in [0.15, 0.2) is 0 Å². The maximum atomic E-state index is 2.66. The predicted molar refractivity (Wildman–Crippen MR) is 101 cm³/mol. The summed E-state index contributed by atoms with van der Waals surface area (Å²) in [5.41, 5.74) is 0. The van der Waals surface area contributed by atoms with Crippen molar-refractivity contribution in [2.75, 3.05) is 39.3 Å². The van der Waals surface area contributed by atoms with Gasteiger partial charge in [-0.15, -0.1) is 0 Å². The van der Waals surface area contributed by atoms with E-state index >= 15 is 0 Å². The first-order valence-electron chi connectivity index (χ1n) is 9.55. The first-order valence-corrected chi connectivity index (χ1v) is 9.55.